The summed E-state index contributed by atoms with van der Waals surface area (Å²) < 4.78 is 77.2. The van der Waals surface area contributed by atoms with E-state index in [0.717, 1.165) is 22.1 Å². The molecule has 2 aromatic carbocycles. The van der Waals surface area contributed by atoms with Crippen LogP contribution in [0.1, 0.15) is 19.4 Å². The van der Waals surface area contributed by atoms with Gasteiger partial charge in [0.25, 0.3) is 5.91 Å². The van der Waals surface area contributed by atoms with Gasteiger partial charge in [0.05, 0.1) is 31.1 Å². The van der Waals surface area contributed by atoms with E-state index in [1.54, 1.807) is 12.1 Å². The number of fused-ring (bicyclic) bond motifs is 2. The van der Waals surface area contributed by atoms with Gasteiger partial charge < -0.3 is 29.2 Å². The van der Waals surface area contributed by atoms with Crippen LogP contribution in [0.15, 0.2) is 57.7 Å². The Bertz CT molecular complexity index is 1830. The molecule has 0 radical (unpaired) electrons. The number of ether oxygens (including phenoxy) is 1. The molecule has 3 aromatic rings. The number of carbonyl (C=O) groups excluding carboxylic acids is 3. The molecular weight excluding hydrogens is 633 g/mol. The number of methoxy groups -OCH3 is 1. The molecule has 2 heterocycles. The molecule has 1 aliphatic rings. The molecular formula is C30H33F3N4O8S. The highest BCUT2D eigenvalue weighted by atomic mass is 32.2. The van der Waals surface area contributed by atoms with Crippen LogP contribution in [-0.4, -0.2) is 88.1 Å². The molecule has 12 nitrogen and oxygen atoms in total. The van der Waals surface area contributed by atoms with Crippen LogP contribution in [-0.2, 0) is 30.8 Å². The third kappa shape index (κ3) is 7.17. The first-order valence-corrected chi connectivity index (χ1v) is 16.1. The van der Waals surface area contributed by atoms with E-state index in [-0.39, 0.29) is 22.5 Å². The number of sulfone groups is 1. The van der Waals surface area contributed by atoms with Crippen molar-refractivity contribution in [3.8, 4) is 5.75 Å². The molecule has 3 atom stereocenters. The minimum atomic E-state index is -5.40. The number of hydrogen-bond donors (Lipinski definition) is 1. The molecule has 4 rings (SSSR count). The number of hydrogen-bond acceptors (Lipinski definition) is 9. The number of para-hydroxylation sites is 2. The van der Waals surface area contributed by atoms with Crippen molar-refractivity contribution < 1.29 is 45.1 Å². The lowest BCUT2D eigenvalue weighted by molar-refractivity contribution is -0.189. The lowest BCUT2D eigenvalue weighted by atomic mass is 10.0. The summed E-state index contributed by atoms with van der Waals surface area (Å²) in [5.41, 5.74) is -0.354. The normalized spacial score (nSPS) is 17.8. The Balaban J connectivity index is 1.99. The summed E-state index contributed by atoms with van der Waals surface area (Å²) in [6.45, 7) is 1.80. The number of halogens is 3. The maximum atomic E-state index is 14.6. The molecule has 1 aliphatic heterocycles. The molecule has 0 saturated heterocycles. The van der Waals surface area contributed by atoms with E-state index in [4.69, 9.17) is 9.15 Å². The van der Waals surface area contributed by atoms with Gasteiger partial charge in [0.1, 0.15) is 23.1 Å². The lowest BCUT2D eigenvalue weighted by Crippen LogP contribution is -2.63. The Kier molecular flexibility index (Phi) is 9.82. The van der Waals surface area contributed by atoms with Gasteiger partial charge in [0.15, 0.2) is 9.84 Å². The number of amides is 3. The first-order valence-electron chi connectivity index (χ1n) is 14.0. The van der Waals surface area contributed by atoms with Crippen molar-refractivity contribution in [3.05, 3.63) is 64.5 Å². The van der Waals surface area contributed by atoms with E-state index in [2.05, 4.69) is 5.32 Å². The number of rotatable bonds is 9. The zero-order valence-corrected chi connectivity index (χ0v) is 26.4. The van der Waals surface area contributed by atoms with E-state index in [0.29, 0.717) is 16.0 Å². The van der Waals surface area contributed by atoms with E-state index in [1.807, 2.05) is 0 Å². The number of anilines is 2. The van der Waals surface area contributed by atoms with Gasteiger partial charge in [-0.25, -0.2) is 13.2 Å². The fraction of sp³-hybridized carbons (Fsp3) is 0.400. The van der Waals surface area contributed by atoms with E-state index < -0.39 is 76.3 Å². The Morgan fingerprint density at radius 2 is 1.76 bits per heavy atom. The summed E-state index contributed by atoms with van der Waals surface area (Å²) >= 11 is 0. The molecule has 1 N–H and O–H groups in total. The van der Waals surface area contributed by atoms with Gasteiger partial charge in [-0.1, -0.05) is 12.1 Å². The predicted molar refractivity (Wildman–Crippen MR) is 163 cm³/mol. The SMILES string of the molecule is CN[C@@H](C)CN(C(=O)C(F)(F)F)[C@@H]1C(=O)N(Cc2cc(=O)oc3cc(OC)ccc23)c2ccccc2N(C(=O)CS(C)(=O)=O)[C@H]1C. The quantitative estimate of drug-likeness (QED) is 0.341. The molecule has 1 aromatic heterocycles. The second kappa shape index (κ2) is 13.1. The summed E-state index contributed by atoms with van der Waals surface area (Å²) in [6, 6.07) is 7.50. The standard InChI is InChI=1S/C30H33F3N4O8S/c1-17(34-3)14-36(29(41)30(31,32)33)27-18(2)37(25(38)16-46(5,42)43)23-9-7-6-8-22(23)35(28(27)40)15-19-12-26(39)45-24-13-20(44-4)10-11-21(19)24/h6-13,17-18,27,34H,14-16H2,1-5H3/t17-,18-,27-/m0/s1. The van der Waals surface area contributed by atoms with Crippen LogP contribution >= 0.6 is 0 Å². The van der Waals surface area contributed by atoms with Crippen molar-refractivity contribution in [1.82, 2.24) is 10.2 Å². The fourth-order valence-electron chi connectivity index (χ4n) is 5.46. The Hall–Kier alpha value is -4.44. The number of nitrogens with one attached hydrogen (secondary N) is 1. The van der Waals surface area contributed by atoms with E-state index in [1.165, 1.54) is 58.3 Å². The Morgan fingerprint density at radius 3 is 2.35 bits per heavy atom. The summed E-state index contributed by atoms with van der Waals surface area (Å²) in [5, 5.41) is 3.14. The molecule has 0 fully saturated rings. The summed E-state index contributed by atoms with van der Waals surface area (Å²) in [7, 11) is -1.06. The monoisotopic (exact) mass is 666 g/mol. The third-order valence-corrected chi connectivity index (χ3v) is 8.41. The van der Waals surface area contributed by atoms with Crippen molar-refractivity contribution in [3.63, 3.8) is 0 Å². The maximum Gasteiger partial charge on any atom is 0.471 e. The van der Waals surface area contributed by atoms with Crippen molar-refractivity contribution in [2.45, 2.75) is 44.7 Å². The van der Waals surface area contributed by atoms with Crippen molar-refractivity contribution in [2.75, 3.05) is 42.5 Å². The smallest absolute Gasteiger partial charge is 0.471 e. The molecule has 0 unspecified atom stereocenters. The number of nitrogens with zero attached hydrogens (tertiary/aromatic N) is 3. The summed E-state index contributed by atoms with van der Waals surface area (Å²) in [6.07, 6.45) is -4.57. The highest BCUT2D eigenvalue weighted by Crippen LogP contribution is 2.39. The molecule has 248 valence electrons. The zero-order valence-electron chi connectivity index (χ0n) is 25.6. The van der Waals surface area contributed by atoms with E-state index >= 15 is 0 Å². The van der Waals surface area contributed by atoms with Crippen LogP contribution in [0.5, 0.6) is 5.75 Å². The molecule has 0 saturated carbocycles. The molecule has 0 bridgehead atoms. The average molecular weight is 667 g/mol. The van der Waals surface area contributed by atoms with Crippen LogP contribution < -0.4 is 25.5 Å². The second-order valence-electron chi connectivity index (χ2n) is 11.0. The summed E-state index contributed by atoms with van der Waals surface area (Å²) in [5.74, 6) is -4.97. The van der Waals surface area contributed by atoms with Gasteiger partial charge in [-0.2, -0.15) is 13.2 Å². The number of benzene rings is 2. The van der Waals surface area contributed by atoms with Gasteiger partial charge in [0, 0.05) is 36.4 Å². The van der Waals surface area contributed by atoms with Crippen LogP contribution in [0, 0.1) is 0 Å². The van der Waals surface area contributed by atoms with Crippen molar-refractivity contribution in [2.24, 2.45) is 0 Å². The number of likely N-dealkylation sites (N-methyl/N-ethyl adjacent to an activating group) is 1. The second-order valence-corrected chi connectivity index (χ2v) is 13.2. The molecule has 3 amide bonds. The molecule has 46 heavy (non-hydrogen) atoms. The Morgan fingerprint density at radius 1 is 1.11 bits per heavy atom. The van der Waals surface area contributed by atoms with Crippen molar-refractivity contribution in [1.29, 1.82) is 0 Å². The predicted octanol–water partition coefficient (Wildman–Crippen LogP) is 2.48. The number of carbonyl (C=O) groups is 3. The van der Waals surface area contributed by atoms with E-state index in [9.17, 15) is 40.8 Å². The van der Waals surface area contributed by atoms with Crippen LogP contribution in [0.2, 0.25) is 0 Å². The first-order chi connectivity index (χ1) is 21.5. The van der Waals surface area contributed by atoms with Crippen LogP contribution in [0.25, 0.3) is 11.0 Å². The van der Waals surface area contributed by atoms with Gasteiger partial charge in [-0.3, -0.25) is 14.4 Å². The minimum absolute atomic E-state index is 0.0227. The highest BCUT2D eigenvalue weighted by molar-refractivity contribution is 7.91. The largest absolute Gasteiger partial charge is 0.497 e. The topological polar surface area (TPSA) is 147 Å². The minimum Gasteiger partial charge on any atom is -0.497 e. The van der Waals surface area contributed by atoms with Crippen molar-refractivity contribution >= 4 is 49.9 Å². The first kappa shape index (κ1) is 34.4. The average Bonchev–Trinajstić information content (AvgIpc) is 3.05. The van der Waals surface area contributed by atoms with Gasteiger partial charge in [-0.05, 0) is 50.7 Å². The fourth-order valence-corrected chi connectivity index (χ4v) is 6.05. The van der Waals surface area contributed by atoms with Gasteiger partial charge in [-0.15, -0.1) is 0 Å². The van der Waals surface area contributed by atoms with Gasteiger partial charge in [0.2, 0.25) is 5.91 Å². The Labute approximate surface area is 262 Å². The maximum absolute atomic E-state index is 14.6. The van der Waals surface area contributed by atoms with Crippen LogP contribution in [0.4, 0.5) is 24.5 Å². The number of alkyl halides is 3. The van der Waals surface area contributed by atoms with Gasteiger partial charge >= 0.3 is 17.7 Å². The highest BCUT2D eigenvalue weighted by Gasteiger charge is 2.51. The molecule has 16 heteroatoms. The summed E-state index contributed by atoms with van der Waals surface area (Å²) in [4.78, 5) is 56.2. The van der Waals surface area contributed by atoms with Crippen LogP contribution in [0.3, 0.4) is 0 Å². The molecule has 0 aliphatic carbocycles. The molecule has 0 spiro atoms. The third-order valence-electron chi connectivity index (χ3n) is 7.64. The zero-order chi connectivity index (χ0) is 34.1. The lowest BCUT2D eigenvalue weighted by Gasteiger charge is -2.39.